The number of aromatic nitrogens is 3. The number of benzene rings is 1. The zero-order chi connectivity index (χ0) is 20.5. The molecular weight excluding hydrogens is 370 g/mol. The summed E-state index contributed by atoms with van der Waals surface area (Å²) in [6, 6.07) is 4.50. The zero-order valence-electron chi connectivity index (χ0n) is 16.7. The summed E-state index contributed by atoms with van der Waals surface area (Å²) >= 11 is 0. The fourth-order valence-electron chi connectivity index (χ4n) is 2.84. The third-order valence-corrected chi connectivity index (χ3v) is 5.95. The molecule has 1 amide bonds. The Kier molecular flexibility index (Phi) is 6.10. The molecule has 1 aromatic heterocycles. The minimum absolute atomic E-state index is 0.0212. The van der Waals surface area contributed by atoms with Gasteiger partial charge in [0.15, 0.2) is 0 Å². The van der Waals surface area contributed by atoms with Gasteiger partial charge in [-0.15, -0.1) is 5.10 Å². The molecule has 0 aliphatic rings. The van der Waals surface area contributed by atoms with Gasteiger partial charge in [0.05, 0.1) is 4.90 Å². The molecule has 0 aliphatic heterocycles. The second-order valence-electron chi connectivity index (χ2n) is 7.08. The lowest BCUT2D eigenvalue weighted by atomic mass is 10.2. The van der Waals surface area contributed by atoms with Crippen LogP contribution in [0.3, 0.4) is 0 Å². The molecule has 0 N–H and O–H groups in total. The second-order valence-corrected chi connectivity index (χ2v) is 9.23. The molecule has 2 rings (SSSR count). The topological polar surface area (TPSA) is 97.6 Å². The van der Waals surface area contributed by atoms with Crippen molar-refractivity contribution >= 4 is 27.0 Å². The standard InChI is InChI=1S/C17H27N5O4S/c1-11(2)21(12(3)4)17(23)13(5)26-22-16-10-14(27(24,25)20(6)7)8-9-15(16)18-19-22/h8-13H,1-7H3. The number of fused-ring (bicyclic) bond motifs is 1. The third-order valence-electron chi connectivity index (χ3n) is 4.14. The van der Waals surface area contributed by atoms with Gasteiger partial charge in [-0.25, -0.2) is 12.7 Å². The second kappa shape index (κ2) is 7.81. The first-order valence-electron chi connectivity index (χ1n) is 8.74. The quantitative estimate of drug-likeness (QED) is 0.695. The van der Waals surface area contributed by atoms with E-state index in [1.807, 2.05) is 27.7 Å². The van der Waals surface area contributed by atoms with Gasteiger partial charge in [-0.2, -0.15) is 0 Å². The van der Waals surface area contributed by atoms with Crippen LogP contribution in [0.4, 0.5) is 0 Å². The number of sulfonamides is 1. The van der Waals surface area contributed by atoms with E-state index in [0.717, 1.165) is 9.15 Å². The Hall–Kier alpha value is -2.20. The molecule has 27 heavy (non-hydrogen) atoms. The Balaban J connectivity index is 2.35. The number of amides is 1. The van der Waals surface area contributed by atoms with E-state index in [4.69, 9.17) is 4.84 Å². The van der Waals surface area contributed by atoms with E-state index < -0.39 is 16.1 Å². The molecule has 0 aliphatic carbocycles. The average molecular weight is 398 g/mol. The van der Waals surface area contributed by atoms with Crippen molar-refractivity contribution in [3.63, 3.8) is 0 Å². The van der Waals surface area contributed by atoms with Crippen molar-refractivity contribution < 1.29 is 18.0 Å². The number of nitrogens with zero attached hydrogens (tertiary/aromatic N) is 5. The van der Waals surface area contributed by atoms with Crippen LogP contribution in [0.2, 0.25) is 0 Å². The van der Waals surface area contributed by atoms with Gasteiger partial charge < -0.3 is 9.74 Å². The summed E-state index contributed by atoms with van der Waals surface area (Å²) in [6.45, 7) is 9.39. The molecule has 0 spiro atoms. The Bertz CT molecular complexity index is 913. The van der Waals surface area contributed by atoms with Crippen molar-refractivity contribution in [2.45, 2.75) is 57.7 Å². The molecule has 1 unspecified atom stereocenters. The largest absolute Gasteiger partial charge is 0.382 e. The van der Waals surface area contributed by atoms with Crippen LogP contribution in [0.25, 0.3) is 11.0 Å². The van der Waals surface area contributed by atoms with Gasteiger partial charge in [-0.05, 0) is 58.0 Å². The fraction of sp³-hybridized carbons (Fsp3) is 0.588. The lowest BCUT2D eigenvalue weighted by Gasteiger charge is -2.32. The minimum Gasteiger partial charge on any atom is -0.382 e. The number of hydrogen-bond acceptors (Lipinski definition) is 6. The summed E-state index contributed by atoms with van der Waals surface area (Å²) in [5, 5.41) is 7.87. The van der Waals surface area contributed by atoms with Gasteiger partial charge in [-0.3, -0.25) is 4.79 Å². The van der Waals surface area contributed by atoms with E-state index >= 15 is 0 Å². The Morgan fingerprint density at radius 2 is 1.70 bits per heavy atom. The van der Waals surface area contributed by atoms with Crippen LogP contribution in [-0.4, -0.2) is 71.0 Å². The number of carbonyl (C=O) groups is 1. The van der Waals surface area contributed by atoms with Gasteiger partial charge in [-0.1, -0.05) is 4.85 Å². The maximum atomic E-state index is 12.7. The predicted molar refractivity (Wildman–Crippen MR) is 102 cm³/mol. The Morgan fingerprint density at radius 3 is 2.22 bits per heavy atom. The number of hydrogen-bond donors (Lipinski definition) is 0. The van der Waals surface area contributed by atoms with E-state index in [1.165, 1.54) is 26.2 Å². The highest BCUT2D eigenvalue weighted by Gasteiger charge is 2.28. The van der Waals surface area contributed by atoms with Gasteiger partial charge in [0.2, 0.25) is 16.1 Å². The van der Waals surface area contributed by atoms with E-state index in [0.29, 0.717) is 11.0 Å². The smallest absolute Gasteiger partial charge is 0.266 e. The minimum atomic E-state index is -3.61. The maximum absolute atomic E-state index is 12.7. The summed E-state index contributed by atoms with van der Waals surface area (Å²) in [5.41, 5.74) is 0.843. The highest BCUT2D eigenvalue weighted by atomic mass is 32.2. The van der Waals surface area contributed by atoms with Crippen LogP contribution < -0.4 is 4.84 Å². The molecule has 1 aromatic carbocycles. The van der Waals surface area contributed by atoms with Crippen molar-refractivity contribution in [1.29, 1.82) is 0 Å². The molecular formula is C17H27N5O4S. The lowest BCUT2D eigenvalue weighted by Crippen LogP contribution is -2.49. The molecule has 10 heteroatoms. The molecule has 2 aromatic rings. The van der Waals surface area contributed by atoms with E-state index in [9.17, 15) is 13.2 Å². The molecule has 1 heterocycles. The molecule has 0 saturated carbocycles. The van der Waals surface area contributed by atoms with Crippen molar-refractivity contribution in [2.24, 2.45) is 0 Å². The Labute approximate surface area is 159 Å². The van der Waals surface area contributed by atoms with Crippen molar-refractivity contribution in [3.05, 3.63) is 18.2 Å². The van der Waals surface area contributed by atoms with Gasteiger partial charge >= 0.3 is 0 Å². The molecule has 1 atom stereocenters. The normalized spacial score (nSPS) is 13.6. The van der Waals surface area contributed by atoms with Crippen LogP contribution in [-0.2, 0) is 14.8 Å². The first-order valence-corrected chi connectivity index (χ1v) is 10.2. The molecule has 150 valence electrons. The SMILES string of the molecule is CC(On1nnc2ccc(S(=O)(=O)N(C)C)cc21)C(=O)N(C(C)C)C(C)C. The molecule has 9 nitrogen and oxygen atoms in total. The molecule has 0 fully saturated rings. The van der Waals surface area contributed by atoms with Gasteiger partial charge in [0, 0.05) is 26.2 Å². The summed E-state index contributed by atoms with van der Waals surface area (Å²) in [4.78, 5) is 21.3. The highest BCUT2D eigenvalue weighted by Crippen LogP contribution is 2.19. The summed E-state index contributed by atoms with van der Waals surface area (Å²) in [5.74, 6) is -0.180. The molecule has 0 radical (unpaired) electrons. The Morgan fingerprint density at radius 1 is 1.11 bits per heavy atom. The highest BCUT2D eigenvalue weighted by molar-refractivity contribution is 7.89. The van der Waals surface area contributed by atoms with Crippen molar-refractivity contribution in [2.75, 3.05) is 14.1 Å². The molecule has 0 bridgehead atoms. The van der Waals surface area contributed by atoms with E-state index in [2.05, 4.69) is 10.3 Å². The first-order chi connectivity index (χ1) is 12.5. The summed E-state index contributed by atoms with van der Waals surface area (Å²) in [7, 11) is -0.696. The van der Waals surface area contributed by atoms with E-state index in [-0.39, 0.29) is 22.9 Å². The maximum Gasteiger partial charge on any atom is 0.266 e. The van der Waals surface area contributed by atoms with Crippen LogP contribution in [0.1, 0.15) is 34.6 Å². The van der Waals surface area contributed by atoms with Crippen molar-refractivity contribution in [3.8, 4) is 0 Å². The van der Waals surface area contributed by atoms with Crippen molar-refractivity contribution in [1.82, 2.24) is 24.4 Å². The molecule has 0 saturated heterocycles. The summed E-state index contributed by atoms with van der Waals surface area (Å²) < 4.78 is 25.8. The number of rotatable bonds is 7. The van der Waals surface area contributed by atoms with Gasteiger partial charge in [0.25, 0.3) is 5.91 Å². The van der Waals surface area contributed by atoms with Gasteiger partial charge in [0.1, 0.15) is 11.0 Å². The van der Waals surface area contributed by atoms with Crippen LogP contribution >= 0.6 is 0 Å². The zero-order valence-corrected chi connectivity index (χ0v) is 17.6. The van der Waals surface area contributed by atoms with Crippen LogP contribution in [0.5, 0.6) is 0 Å². The lowest BCUT2D eigenvalue weighted by molar-refractivity contribution is -0.147. The van der Waals surface area contributed by atoms with E-state index in [1.54, 1.807) is 17.9 Å². The third kappa shape index (κ3) is 4.22. The monoisotopic (exact) mass is 397 g/mol. The first kappa shape index (κ1) is 21.1. The van der Waals surface area contributed by atoms with Crippen LogP contribution in [0, 0.1) is 0 Å². The predicted octanol–water partition coefficient (Wildman–Crippen LogP) is 1.14. The number of carbonyl (C=O) groups excluding carboxylic acids is 1. The summed E-state index contributed by atoms with van der Waals surface area (Å²) in [6.07, 6.45) is -0.811. The van der Waals surface area contributed by atoms with Crippen LogP contribution in [0.15, 0.2) is 23.1 Å². The average Bonchev–Trinajstić information content (AvgIpc) is 2.96. The fourth-order valence-corrected chi connectivity index (χ4v) is 3.76.